The molecule has 0 spiro atoms. The van der Waals surface area contributed by atoms with Crippen molar-refractivity contribution in [1.29, 1.82) is 0 Å². The van der Waals surface area contributed by atoms with Gasteiger partial charge in [0.1, 0.15) is 10.6 Å². The molecule has 0 N–H and O–H groups in total. The highest BCUT2D eigenvalue weighted by molar-refractivity contribution is 7.89. The Morgan fingerprint density at radius 3 is 2.52 bits per heavy atom. The number of sulfonamides is 1. The minimum Gasteiger partial charge on any atom is -0.492 e. The van der Waals surface area contributed by atoms with Crippen LogP contribution < -0.4 is 14.2 Å². The molecule has 1 saturated heterocycles. The largest absolute Gasteiger partial charge is 0.492 e. The van der Waals surface area contributed by atoms with Gasteiger partial charge in [-0.05, 0) is 49.2 Å². The fourth-order valence-electron chi connectivity index (χ4n) is 3.66. The Hall–Kier alpha value is -2.29. The van der Waals surface area contributed by atoms with Crippen molar-refractivity contribution in [3.8, 4) is 17.2 Å². The highest BCUT2D eigenvalue weighted by Gasteiger charge is 2.31. The quantitative estimate of drug-likeness (QED) is 0.718. The van der Waals surface area contributed by atoms with Gasteiger partial charge in [0, 0.05) is 32.7 Å². The summed E-state index contributed by atoms with van der Waals surface area (Å²) < 4.78 is 44.4. The monoisotopic (exact) mass is 418 g/mol. The van der Waals surface area contributed by atoms with Gasteiger partial charge in [-0.15, -0.1) is 0 Å². The van der Waals surface area contributed by atoms with E-state index >= 15 is 0 Å². The van der Waals surface area contributed by atoms with Crippen LogP contribution in [0.3, 0.4) is 0 Å². The van der Waals surface area contributed by atoms with Gasteiger partial charge in [-0.1, -0.05) is 12.1 Å². The van der Waals surface area contributed by atoms with Crippen molar-refractivity contribution in [3.05, 3.63) is 47.5 Å². The number of benzene rings is 2. The molecule has 0 radical (unpaired) electrons. The first-order chi connectivity index (χ1) is 14.0. The molecule has 4 rings (SSSR count). The zero-order chi connectivity index (χ0) is 20.4. The Kier molecular flexibility index (Phi) is 5.67. The van der Waals surface area contributed by atoms with E-state index in [0.717, 1.165) is 29.2 Å². The summed E-state index contributed by atoms with van der Waals surface area (Å²) in [6, 6.07) is 11.2. The highest BCUT2D eigenvalue weighted by atomic mass is 32.2. The van der Waals surface area contributed by atoms with E-state index in [4.69, 9.17) is 14.2 Å². The smallest absolute Gasteiger partial charge is 0.246 e. The average molecular weight is 419 g/mol. The number of piperazine rings is 1. The van der Waals surface area contributed by atoms with Gasteiger partial charge in [0.25, 0.3) is 0 Å². The molecule has 1 fully saturated rings. The van der Waals surface area contributed by atoms with Gasteiger partial charge in [0.05, 0.1) is 6.61 Å². The molecule has 7 nitrogen and oxygen atoms in total. The molecular weight excluding hydrogens is 392 g/mol. The molecule has 0 bridgehead atoms. The van der Waals surface area contributed by atoms with Crippen molar-refractivity contribution in [2.75, 3.05) is 39.6 Å². The van der Waals surface area contributed by atoms with E-state index in [1.54, 1.807) is 16.4 Å². The summed E-state index contributed by atoms with van der Waals surface area (Å²) >= 11 is 0. The van der Waals surface area contributed by atoms with Crippen LogP contribution in [0.1, 0.15) is 18.1 Å². The van der Waals surface area contributed by atoms with Crippen LogP contribution in [-0.4, -0.2) is 57.2 Å². The maximum Gasteiger partial charge on any atom is 0.246 e. The van der Waals surface area contributed by atoms with E-state index in [9.17, 15) is 8.42 Å². The van der Waals surface area contributed by atoms with Crippen LogP contribution in [0.2, 0.25) is 0 Å². The Morgan fingerprint density at radius 2 is 1.76 bits per heavy atom. The van der Waals surface area contributed by atoms with E-state index in [1.807, 2.05) is 38.1 Å². The lowest BCUT2D eigenvalue weighted by Crippen LogP contribution is -2.48. The van der Waals surface area contributed by atoms with Gasteiger partial charge in [0.2, 0.25) is 16.8 Å². The third-order valence-corrected chi connectivity index (χ3v) is 7.11. The molecular formula is C21H26N2O5S. The third-order valence-electron chi connectivity index (χ3n) is 5.19. The van der Waals surface area contributed by atoms with Gasteiger partial charge < -0.3 is 14.2 Å². The number of aryl methyl sites for hydroxylation is 1. The van der Waals surface area contributed by atoms with Gasteiger partial charge in [-0.25, -0.2) is 8.42 Å². The van der Waals surface area contributed by atoms with Crippen LogP contribution >= 0.6 is 0 Å². The van der Waals surface area contributed by atoms with Gasteiger partial charge in [-0.3, -0.25) is 4.90 Å². The number of fused-ring (bicyclic) bond motifs is 1. The Bertz CT molecular complexity index is 985. The van der Waals surface area contributed by atoms with Crippen LogP contribution in [0.5, 0.6) is 17.2 Å². The highest BCUT2D eigenvalue weighted by Crippen LogP contribution is 2.33. The molecule has 2 aromatic rings. The number of hydrogen-bond acceptors (Lipinski definition) is 6. The van der Waals surface area contributed by atoms with Crippen molar-refractivity contribution >= 4 is 10.0 Å². The first kappa shape index (κ1) is 20.0. The van der Waals surface area contributed by atoms with Crippen molar-refractivity contribution in [2.24, 2.45) is 0 Å². The molecule has 8 heteroatoms. The molecule has 0 atom stereocenters. The number of ether oxygens (including phenoxy) is 3. The molecule has 0 aliphatic carbocycles. The first-order valence-corrected chi connectivity index (χ1v) is 11.3. The minimum absolute atomic E-state index is 0.253. The summed E-state index contributed by atoms with van der Waals surface area (Å²) in [4.78, 5) is 2.51. The van der Waals surface area contributed by atoms with E-state index in [0.29, 0.717) is 38.5 Å². The maximum absolute atomic E-state index is 13.2. The molecule has 0 amide bonds. The van der Waals surface area contributed by atoms with Gasteiger partial charge in [-0.2, -0.15) is 4.31 Å². The van der Waals surface area contributed by atoms with Gasteiger partial charge in [0.15, 0.2) is 11.5 Å². The molecule has 2 heterocycles. The SMILES string of the molecule is CCOc1ccc(C)cc1S(=O)(=O)N1CCN(Cc2ccc3c(c2)OCO3)CC1. The fourth-order valence-corrected chi connectivity index (χ4v) is 5.29. The Morgan fingerprint density at radius 1 is 1.00 bits per heavy atom. The normalized spacial score (nSPS) is 17.4. The van der Waals surface area contributed by atoms with Gasteiger partial charge >= 0.3 is 0 Å². The predicted octanol–water partition coefficient (Wildman–Crippen LogP) is 2.63. The van der Waals surface area contributed by atoms with E-state index in [2.05, 4.69) is 4.90 Å². The molecule has 2 aliphatic rings. The number of hydrogen-bond donors (Lipinski definition) is 0. The summed E-state index contributed by atoms with van der Waals surface area (Å²) in [5, 5.41) is 0. The second-order valence-electron chi connectivity index (χ2n) is 7.25. The molecule has 2 aliphatic heterocycles. The molecule has 0 aromatic heterocycles. The van der Waals surface area contributed by atoms with Crippen LogP contribution in [0.4, 0.5) is 0 Å². The lowest BCUT2D eigenvalue weighted by molar-refractivity contribution is 0.173. The minimum atomic E-state index is -3.60. The second kappa shape index (κ2) is 8.22. The summed E-state index contributed by atoms with van der Waals surface area (Å²) in [6.45, 7) is 7.42. The topological polar surface area (TPSA) is 68.3 Å². The molecule has 2 aromatic carbocycles. The molecule has 0 unspecified atom stereocenters. The molecule has 29 heavy (non-hydrogen) atoms. The van der Waals surface area contributed by atoms with E-state index in [1.165, 1.54) is 0 Å². The van der Waals surface area contributed by atoms with Crippen LogP contribution in [0.25, 0.3) is 0 Å². The van der Waals surface area contributed by atoms with Crippen molar-refractivity contribution < 1.29 is 22.6 Å². The fraction of sp³-hybridized carbons (Fsp3) is 0.429. The van der Waals surface area contributed by atoms with E-state index in [-0.39, 0.29) is 11.7 Å². The number of rotatable bonds is 6. The number of nitrogens with zero attached hydrogens (tertiary/aromatic N) is 2. The summed E-state index contributed by atoms with van der Waals surface area (Å²) in [5.74, 6) is 1.96. The summed E-state index contributed by atoms with van der Waals surface area (Å²) in [6.07, 6.45) is 0. The maximum atomic E-state index is 13.2. The average Bonchev–Trinajstić information content (AvgIpc) is 3.18. The second-order valence-corrected chi connectivity index (χ2v) is 9.16. The van der Waals surface area contributed by atoms with Crippen molar-refractivity contribution in [3.63, 3.8) is 0 Å². The Balaban J connectivity index is 1.43. The standard InChI is InChI=1S/C21H26N2O5S/c1-3-26-19-6-4-16(2)12-21(19)29(24,25)23-10-8-22(9-11-23)14-17-5-7-18-20(13-17)28-15-27-18/h4-7,12-13H,3,8-11,14-15H2,1-2H3. The summed E-state index contributed by atoms with van der Waals surface area (Å²) in [7, 11) is -3.60. The zero-order valence-electron chi connectivity index (χ0n) is 16.8. The van der Waals surface area contributed by atoms with Crippen LogP contribution in [-0.2, 0) is 16.6 Å². The Labute approximate surface area is 171 Å². The van der Waals surface area contributed by atoms with E-state index < -0.39 is 10.0 Å². The summed E-state index contributed by atoms with van der Waals surface area (Å²) in [5.41, 5.74) is 2.02. The van der Waals surface area contributed by atoms with Crippen LogP contribution in [0, 0.1) is 6.92 Å². The lowest BCUT2D eigenvalue weighted by atomic mass is 10.2. The van der Waals surface area contributed by atoms with Crippen molar-refractivity contribution in [1.82, 2.24) is 9.21 Å². The van der Waals surface area contributed by atoms with Crippen LogP contribution in [0.15, 0.2) is 41.3 Å². The molecule has 0 saturated carbocycles. The zero-order valence-corrected chi connectivity index (χ0v) is 17.6. The predicted molar refractivity (Wildman–Crippen MR) is 109 cm³/mol. The third kappa shape index (κ3) is 4.19. The lowest BCUT2D eigenvalue weighted by Gasteiger charge is -2.34. The first-order valence-electron chi connectivity index (χ1n) is 9.82. The molecule has 156 valence electrons. The van der Waals surface area contributed by atoms with Crippen molar-refractivity contribution in [2.45, 2.75) is 25.3 Å².